The summed E-state index contributed by atoms with van der Waals surface area (Å²) in [6.07, 6.45) is 7.78. The van der Waals surface area contributed by atoms with E-state index in [1.165, 1.54) is 25.7 Å². The average molecular weight is 329 g/mol. The number of nitrogens with zero attached hydrogens (tertiary/aromatic N) is 4. The molecule has 0 saturated heterocycles. The van der Waals surface area contributed by atoms with Crippen molar-refractivity contribution < 1.29 is 9.53 Å². The molecule has 1 heterocycles. The summed E-state index contributed by atoms with van der Waals surface area (Å²) in [6, 6.07) is 7.48. The van der Waals surface area contributed by atoms with Crippen LogP contribution >= 0.6 is 0 Å². The van der Waals surface area contributed by atoms with Gasteiger partial charge in [0.25, 0.3) is 5.91 Å². The van der Waals surface area contributed by atoms with Gasteiger partial charge in [0.2, 0.25) is 0 Å². The number of aromatic nitrogens is 4. The molecule has 1 saturated carbocycles. The molecule has 7 nitrogen and oxygen atoms in total. The Balaban J connectivity index is 1.36. The summed E-state index contributed by atoms with van der Waals surface area (Å²) in [4.78, 5) is 12.1. The van der Waals surface area contributed by atoms with Gasteiger partial charge in [0.1, 0.15) is 6.33 Å². The first-order valence-corrected chi connectivity index (χ1v) is 8.51. The number of tetrazole rings is 1. The maximum absolute atomic E-state index is 12.1. The Bertz CT molecular complexity index is 621. The third-order valence-corrected chi connectivity index (χ3v) is 4.21. The van der Waals surface area contributed by atoms with E-state index in [0.29, 0.717) is 24.8 Å². The van der Waals surface area contributed by atoms with Crippen LogP contribution in [0.5, 0.6) is 0 Å². The fourth-order valence-corrected chi connectivity index (χ4v) is 2.88. The maximum atomic E-state index is 12.1. The minimum Gasteiger partial charge on any atom is -0.378 e. The predicted molar refractivity (Wildman–Crippen MR) is 88.5 cm³/mol. The molecule has 0 radical (unpaired) electrons. The van der Waals surface area contributed by atoms with E-state index in [4.69, 9.17) is 4.74 Å². The van der Waals surface area contributed by atoms with Crippen LogP contribution in [0.25, 0.3) is 0 Å². The minimum absolute atomic E-state index is 0.0511. The van der Waals surface area contributed by atoms with Crippen molar-refractivity contribution in [3.63, 3.8) is 0 Å². The van der Waals surface area contributed by atoms with E-state index in [1.807, 2.05) is 24.3 Å². The Morgan fingerprint density at radius 1 is 1.25 bits per heavy atom. The second-order valence-corrected chi connectivity index (χ2v) is 6.09. The molecule has 0 spiro atoms. The standard InChI is InChI=1S/C17H23N5O2/c23-17(18-10-3-11-24-16-4-1-2-5-16)15-8-6-14(7-9-15)12-22-13-19-20-21-22/h6-9,13,16H,1-5,10-12H2,(H,18,23). The van der Waals surface area contributed by atoms with Crippen LogP contribution < -0.4 is 5.32 Å². The largest absolute Gasteiger partial charge is 0.378 e. The third kappa shape index (κ3) is 4.86. The minimum atomic E-state index is -0.0511. The van der Waals surface area contributed by atoms with Gasteiger partial charge in [0, 0.05) is 18.7 Å². The van der Waals surface area contributed by atoms with Gasteiger partial charge in [-0.05, 0) is 47.4 Å². The van der Waals surface area contributed by atoms with Gasteiger partial charge in [-0.1, -0.05) is 25.0 Å². The molecular weight excluding hydrogens is 306 g/mol. The van der Waals surface area contributed by atoms with Crippen molar-refractivity contribution in [1.29, 1.82) is 0 Å². The van der Waals surface area contributed by atoms with Crippen LogP contribution in [0.2, 0.25) is 0 Å². The number of nitrogens with one attached hydrogen (secondary N) is 1. The van der Waals surface area contributed by atoms with Crippen molar-refractivity contribution in [3.8, 4) is 0 Å². The lowest BCUT2D eigenvalue weighted by Gasteiger charge is -2.11. The Morgan fingerprint density at radius 3 is 2.75 bits per heavy atom. The van der Waals surface area contributed by atoms with Crippen molar-refractivity contribution in [2.75, 3.05) is 13.2 Å². The van der Waals surface area contributed by atoms with E-state index in [-0.39, 0.29) is 5.91 Å². The molecule has 1 N–H and O–H groups in total. The van der Waals surface area contributed by atoms with Crippen molar-refractivity contribution in [3.05, 3.63) is 41.7 Å². The number of hydrogen-bond donors (Lipinski definition) is 1. The van der Waals surface area contributed by atoms with Crippen molar-refractivity contribution in [2.45, 2.75) is 44.8 Å². The Kier molecular flexibility index (Phi) is 5.90. The average Bonchev–Trinajstić information content (AvgIpc) is 3.29. The fourth-order valence-electron chi connectivity index (χ4n) is 2.88. The Morgan fingerprint density at radius 2 is 2.04 bits per heavy atom. The highest BCUT2D eigenvalue weighted by atomic mass is 16.5. The van der Waals surface area contributed by atoms with Crippen LogP contribution in [0, 0.1) is 0 Å². The van der Waals surface area contributed by atoms with Crippen LogP contribution in [-0.4, -0.2) is 45.4 Å². The summed E-state index contributed by atoms with van der Waals surface area (Å²) < 4.78 is 7.42. The maximum Gasteiger partial charge on any atom is 0.251 e. The summed E-state index contributed by atoms with van der Waals surface area (Å²) in [5, 5.41) is 13.9. The molecule has 128 valence electrons. The van der Waals surface area contributed by atoms with Gasteiger partial charge in [-0.2, -0.15) is 0 Å². The van der Waals surface area contributed by atoms with E-state index in [0.717, 1.165) is 18.6 Å². The third-order valence-electron chi connectivity index (χ3n) is 4.21. The lowest BCUT2D eigenvalue weighted by Crippen LogP contribution is -2.25. The molecule has 0 atom stereocenters. The monoisotopic (exact) mass is 329 g/mol. The Labute approximate surface area is 141 Å². The SMILES string of the molecule is O=C(NCCCOC1CCCC1)c1ccc(Cn2cnnn2)cc1. The second kappa shape index (κ2) is 8.54. The zero-order valence-corrected chi connectivity index (χ0v) is 13.7. The van der Waals surface area contributed by atoms with Gasteiger partial charge in [-0.15, -0.1) is 5.10 Å². The van der Waals surface area contributed by atoms with Gasteiger partial charge in [0.05, 0.1) is 12.6 Å². The molecular formula is C17H23N5O2. The normalized spacial score (nSPS) is 14.8. The highest BCUT2D eigenvalue weighted by Gasteiger charge is 2.14. The molecule has 1 fully saturated rings. The number of hydrogen-bond acceptors (Lipinski definition) is 5. The summed E-state index contributed by atoms with van der Waals surface area (Å²) in [5.74, 6) is -0.0511. The number of benzene rings is 1. The molecule has 1 aliphatic rings. The number of rotatable bonds is 8. The van der Waals surface area contributed by atoms with E-state index < -0.39 is 0 Å². The zero-order chi connectivity index (χ0) is 16.6. The molecule has 0 unspecified atom stereocenters. The molecule has 3 rings (SSSR count). The summed E-state index contributed by atoms with van der Waals surface area (Å²) in [6.45, 7) is 1.95. The number of carbonyl (C=O) groups excluding carboxylic acids is 1. The predicted octanol–water partition coefficient (Wildman–Crippen LogP) is 1.80. The number of carbonyl (C=O) groups is 1. The van der Waals surface area contributed by atoms with Gasteiger partial charge >= 0.3 is 0 Å². The molecule has 1 amide bonds. The van der Waals surface area contributed by atoms with Gasteiger partial charge in [-0.25, -0.2) is 4.68 Å². The zero-order valence-electron chi connectivity index (χ0n) is 13.7. The number of amides is 1. The summed E-state index contributed by atoms with van der Waals surface area (Å²) >= 11 is 0. The van der Waals surface area contributed by atoms with Crippen molar-refractivity contribution in [1.82, 2.24) is 25.5 Å². The van der Waals surface area contributed by atoms with E-state index in [9.17, 15) is 4.79 Å². The molecule has 24 heavy (non-hydrogen) atoms. The first kappa shape index (κ1) is 16.6. The molecule has 1 aliphatic carbocycles. The molecule has 1 aromatic heterocycles. The van der Waals surface area contributed by atoms with Crippen molar-refractivity contribution in [2.24, 2.45) is 0 Å². The highest BCUT2D eigenvalue weighted by Crippen LogP contribution is 2.20. The first-order valence-electron chi connectivity index (χ1n) is 8.51. The van der Waals surface area contributed by atoms with Crippen LogP contribution in [0.15, 0.2) is 30.6 Å². The van der Waals surface area contributed by atoms with E-state index in [2.05, 4.69) is 20.8 Å². The summed E-state index contributed by atoms with van der Waals surface area (Å²) in [7, 11) is 0. The van der Waals surface area contributed by atoms with Crippen LogP contribution in [0.3, 0.4) is 0 Å². The van der Waals surface area contributed by atoms with E-state index >= 15 is 0 Å². The highest BCUT2D eigenvalue weighted by molar-refractivity contribution is 5.94. The lowest BCUT2D eigenvalue weighted by molar-refractivity contribution is 0.0565. The van der Waals surface area contributed by atoms with Crippen LogP contribution in [0.1, 0.15) is 48.0 Å². The van der Waals surface area contributed by atoms with E-state index in [1.54, 1.807) is 11.0 Å². The van der Waals surface area contributed by atoms with Gasteiger partial charge in [0.15, 0.2) is 0 Å². The molecule has 7 heteroatoms. The van der Waals surface area contributed by atoms with Crippen LogP contribution in [-0.2, 0) is 11.3 Å². The number of ether oxygens (including phenoxy) is 1. The molecule has 0 aliphatic heterocycles. The second-order valence-electron chi connectivity index (χ2n) is 6.09. The van der Waals surface area contributed by atoms with Crippen molar-refractivity contribution >= 4 is 5.91 Å². The van der Waals surface area contributed by atoms with Gasteiger partial charge < -0.3 is 10.1 Å². The lowest BCUT2D eigenvalue weighted by atomic mass is 10.1. The molecule has 0 bridgehead atoms. The smallest absolute Gasteiger partial charge is 0.251 e. The van der Waals surface area contributed by atoms with Crippen LogP contribution in [0.4, 0.5) is 0 Å². The first-order chi connectivity index (χ1) is 11.8. The quantitative estimate of drug-likeness (QED) is 0.747. The molecule has 1 aromatic carbocycles. The Hall–Kier alpha value is -2.28. The molecule has 2 aromatic rings. The fraction of sp³-hybridized carbons (Fsp3) is 0.529. The van der Waals surface area contributed by atoms with Gasteiger partial charge in [-0.3, -0.25) is 4.79 Å². The topological polar surface area (TPSA) is 81.9 Å². The summed E-state index contributed by atoms with van der Waals surface area (Å²) in [5.41, 5.74) is 1.70.